The van der Waals surface area contributed by atoms with Crippen LogP contribution in [0.25, 0.3) is 0 Å². The molecule has 0 spiro atoms. The van der Waals surface area contributed by atoms with Crippen LogP contribution < -0.4 is 4.74 Å². The number of aryl methyl sites for hydroxylation is 1. The SMILES string of the molecule is Cc1cc(Oc2cc(Br)ncn2)n[nH]1. The highest BCUT2D eigenvalue weighted by molar-refractivity contribution is 9.10. The van der Waals surface area contributed by atoms with E-state index in [0.29, 0.717) is 16.4 Å². The third-order valence-corrected chi connectivity index (χ3v) is 1.93. The summed E-state index contributed by atoms with van der Waals surface area (Å²) in [5, 5.41) is 6.69. The lowest BCUT2D eigenvalue weighted by Crippen LogP contribution is -1.88. The number of halogens is 1. The predicted molar refractivity (Wildman–Crippen MR) is 53.1 cm³/mol. The van der Waals surface area contributed by atoms with Gasteiger partial charge in [-0.15, -0.1) is 5.10 Å². The smallest absolute Gasteiger partial charge is 0.240 e. The Labute approximate surface area is 88.7 Å². The number of ether oxygens (including phenoxy) is 1. The first kappa shape index (κ1) is 9.14. The van der Waals surface area contributed by atoms with Gasteiger partial charge >= 0.3 is 0 Å². The highest BCUT2D eigenvalue weighted by Crippen LogP contribution is 2.18. The lowest BCUT2D eigenvalue weighted by molar-refractivity contribution is 0.441. The Kier molecular flexibility index (Phi) is 2.45. The molecule has 6 heteroatoms. The van der Waals surface area contributed by atoms with E-state index in [9.17, 15) is 0 Å². The number of hydrogen-bond acceptors (Lipinski definition) is 4. The normalized spacial score (nSPS) is 10.1. The zero-order chi connectivity index (χ0) is 9.97. The first-order valence-corrected chi connectivity index (χ1v) is 4.71. The van der Waals surface area contributed by atoms with Crippen LogP contribution in [-0.4, -0.2) is 20.2 Å². The maximum atomic E-state index is 5.36. The summed E-state index contributed by atoms with van der Waals surface area (Å²) in [7, 11) is 0. The van der Waals surface area contributed by atoms with Gasteiger partial charge in [-0.1, -0.05) is 0 Å². The van der Waals surface area contributed by atoms with Gasteiger partial charge in [0.15, 0.2) is 0 Å². The van der Waals surface area contributed by atoms with Crippen LogP contribution in [0.15, 0.2) is 23.1 Å². The van der Waals surface area contributed by atoms with Gasteiger partial charge in [0.25, 0.3) is 0 Å². The van der Waals surface area contributed by atoms with Gasteiger partial charge in [-0.2, -0.15) is 0 Å². The number of aromatic nitrogens is 4. The monoisotopic (exact) mass is 254 g/mol. The molecule has 0 saturated carbocycles. The van der Waals surface area contributed by atoms with Gasteiger partial charge in [0.1, 0.15) is 10.9 Å². The molecule has 0 atom stereocenters. The van der Waals surface area contributed by atoms with Crippen molar-refractivity contribution in [3.63, 3.8) is 0 Å². The van der Waals surface area contributed by atoms with E-state index in [2.05, 4.69) is 36.1 Å². The van der Waals surface area contributed by atoms with Gasteiger partial charge in [0, 0.05) is 17.8 Å². The van der Waals surface area contributed by atoms with Crippen LogP contribution in [0.3, 0.4) is 0 Å². The summed E-state index contributed by atoms with van der Waals surface area (Å²) in [6, 6.07) is 3.46. The summed E-state index contributed by atoms with van der Waals surface area (Å²) in [6.07, 6.45) is 1.42. The van der Waals surface area contributed by atoms with Crippen molar-refractivity contribution in [3.8, 4) is 11.8 Å². The van der Waals surface area contributed by atoms with Crippen LogP contribution in [-0.2, 0) is 0 Å². The van der Waals surface area contributed by atoms with E-state index in [1.165, 1.54) is 6.33 Å². The van der Waals surface area contributed by atoms with Crippen LogP contribution >= 0.6 is 15.9 Å². The van der Waals surface area contributed by atoms with E-state index < -0.39 is 0 Å². The molecule has 5 nitrogen and oxygen atoms in total. The Hall–Kier alpha value is -1.43. The van der Waals surface area contributed by atoms with Crippen LogP contribution in [0.5, 0.6) is 11.8 Å². The van der Waals surface area contributed by atoms with Gasteiger partial charge in [-0.25, -0.2) is 9.97 Å². The zero-order valence-corrected chi connectivity index (χ0v) is 8.95. The predicted octanol–water partition coefficient (Wildman–Crippen LogP) is 2.06. The fourth-order valence-corrected chi connectivity index (χ4v) is 1.21. The largest absolute Gasteiger partial charge is 0.419 e. The minimum Gasteiger partial charge on any atom is -0.419 e. The standard InChI is InChI=1S/C8H7BrN4O/c1-5-2-8(13-12-5)14-7-3-6(9)10-4-11-7/h2-4H,1H3,(H,12,13). The molecule has 2 aromatic heterocycles. The Morgan fingerprint density at radius 2 is 2.14 bits per heavy atom. The maximum Gasteiger partial charge on any atom is 0.240 e. The Morgan fingerprint density at radius 1 is 1.29 bits per heavy atom. The highest BCUT2D eigenvalue weighted by Gasteiger charge is 2.02. The molecule has 0 aliphatic rings. The van der Waals surface area contributed by atoms with Crippen molar-refractivity contribution in [2.75, 3.05) is 0 Å². The third kappa shape index (κ3) is 2.08. The van der Waals surface area contributed by atoms with Gasteiger partial charge < -0.3 is 4.74 Å². The van der Waals surface area contributed by atoms with Crippen molar-refractivity contribution in [1.82, 2.24) is 20.2 Å². The summed E-state index contributed by atoms with van der Waals surface area (Å²) >= 11 is 3.22. The third-order valence-electron chi connectivity index (χ3n) is 1.50. The lowest BCUT2D eigenvalue weighted by atomic mass is 10.5. The number of hydrogen-bond donors (Lipinski definition) is 1. The molecular weight excluding hydrogens is 248 g/mol. The topological polar surface area (TPSA) is 63.7 Å². The van der Waals surface area contributed by atoms with Gasteiger partial charge in [0.05, 0.1) is 0 Å². The number of nitrogens with one attached hydrogen (secondary N) is 1. The summed E-state index contributed by atoms with van der Waals surface area (Å²) in [5.74, 6) is 0.950. The van der Waals surface area contributed by atoms with Crippen LogP contribution in [0, 0.1) is 6.92 Å². The molecule has 0 aliphatic carbocycles. The van der Waals surface area contributed by atoms with Crippen molar-refractivity contribution < 1.29 is 4.74 Å². The molecule has 0 bridgehead atoms. The van der Waals surface area contributed by atoms with E-state index in [-0.39, 0.29) is 0 Å². The molecule has 2 heterocycles. The van der Waals surface area contributed by atoms with Crippen molar-refractivity contribution in [2.45, 2.75) is 6.92 Å². The molecule has 0 radical (unpaired) electrons. The van der Waals surface area contributed by atoms with Crippen molar-refractivity contribution in [3.05, 3.63) is 28.8 Å². The molecule has 2 rings (SSSR count). The second-order valence-corrected chi connectivity index (χ2v) is 3.48. The Bertz CT molecular complexity index is 442. The number of H-pyrrole nitrogens is 1. The molecule has 0 unspecified atom stereocenters. The second kappa shape index (κ2) is 3.75. The average molecular weight is 255 g/mol. The summed E-state index contributed by atoms with van der Waals surface area (Å²) in [4.78, 5) is 7.81. The maximum absolute atomic E-state index is 5.36. The van der Waals surface area contributed by atoms with E-state index in [4.69, 9.17) is 4.74 Å². The van der Waals surface area contributed by atoms with E-state index >= 15 is 0 Å². The lowest BCUT2D eigenvalue weighted by Gasteiger charge is -1.98. The minimum absolute atomic E-state index is 0.457. The second-order valence-electron chi connectivity index (χ2n) is 2.67. The molecule has 72 valence electrons. The molecule has 0 aromatic carbocycles. The molecular formula is C8H7BrN4O. The number of nitrogens with zero attached hydrogens (tertiary/aromatic N) is 3. The van der Waals surface area contributed by atoms with E-state index in [1.807, 2.05) is 6.92 Å². The highest BCUT2D eigenvalue weighted by atomic mass is 79.9. The van der Waals surface area contributed by atoms with Gasteiger partial charge in [0.2, 0.25) is 11.8 Å². The molecule has 14 heavy (non-hydrogen) atoms. The van der Waals surface area contributed by atoms with Crippen LogP contribution in [0.4, 0.5) is 0 Å². The molecule has 2 aromatic rings. The summed E-state index contributed by atoms with van der Waals surface area (Å²) < 4.78 is 6.03. The average Bonchev–Trinajstić information content (AvgIpc) is 2.51. The molecule has 0 amide bonds. The first-order valence-electron chi connectivity index (χ1n) is 3.91. The number of rotatable bonds is 2. The molecule has 0 saturated heterocycles. The van der Waals surface area contributed by atoms with E-state index in [1.54, 1.807) is 12.1 Å². The van der Waals surface area contributed by atoms with Gasteiger partial charge in [-0.05, 0) is 22.9 Å². The fraction of sp³-hybridized carbons (Fsp3) is 0.125. The van der Waals surface area contributed by atoms with Crippen LogP contribution in [0.1, 0.15) is 5.69 Å². The van der Waals surface area contributed by atoms with Gasteiger partial charge in [-0.3, -0.25) is 5.10 Å². The van der Waals surface area contributed by atoms with Crippen molar-refractivity contribution in [1.29, 1.82) is 0 Å². The molecule has 1 N–H and O–H groups in total. The summed E-state index contributed by atoms with van der Waals surface area (Å²) in [6.45, 7) is 1.90. The van der Waals surface area contributed by atoms with Crippen molar-refractivity contribution in [2.24, 2.45) is 0 Å². The van der Waals surface area contributed by atoms with Crippen LogP contribution in [0.2, 0.25) is 0 Å². The Balaban J connectivity index is 2.18. The first-order chi connectivity index (χ1) is 6.74. The zero-order valence-electron chi connectivity index (χ0n) is 7.36. The fourth-order valence-electron chi connectivity index (χ4n) is 0.926. The number of aromatic amines is 1. The van der Waals surface area contributed by atoms with E-state index in [0.717, 1.165) is 5.69 Å². The Morgan fingerprint density at radius 3 is 2.79 bits per heavy atom. The molecule has 0 fully saturated rings. The quantitative estimate of drug-likeness (QED) is 0.834. The summed E-state index contributed by atoms with van der Waals surface area (Å²) in [5.41, 5.74) is 0.938. The minimum atomic E-state index is 0.457. The molecule has 0 aliphatic heterocycles. The van der Waals surface area contributed by atoms with Crippen molar-refractivity contribution >= 4 is 15.9 Å².